The van der Waals surface area contributed by atoms with Crippen molar-refractivity contribution in [2.75, 3.05) is 0 Å². The average Bonchev–Trinajstić information content (AvgIpc) is 2.08. The van der Waals surface area contributed by atoms with Gasteiger partial charge in [-0.15, -0.1) is 0 Å². The molecule has 2 nitrogen and oxygen atoms in total. The van der Waals surface area contributed by atoms with Crippen LogP contribution < -0.4 is 0 Å². The maximum Gasteiger partial charge on any atom is 0.136 e. The standard InChI is InChI=1S/C9H5BrClNO/c10-6-1-5-2-7(11)9(13)3-8(5)12-4-6/h1-4,13H. The topological polar surface area (TPSA) is 33.1 Å². The number of aromatic hydroxyl groups is 1. The summed E-state index contributed by atoms with van der Waals surface area (Å²) >= 11 is 9.05. The summed E-state index contributed by atoms with van der Waals surface area (Å²) in [6.45, 7) is 0. The molecule has 0 aliphatic carbocycles. The van der Waals surface area contributed by atoms with Crippen LogP contribution in [0.3, 0.4) is 0 Å². The zero-order valence-corrected chi connectivity index (χ0v) is 8.80. The molecule has 0 bridgehead atoms. The first-order valence-corrected chi connectivity index (χ1v) is 4.78. The fourth-order valence-corrected chi connectivity index (χ4v) is 1.63. The van der Waals surface area contributed by atoms with E-state index in [1.807, 2.05) is 6.07 Å². The molecule has 66 valence electrons. The Morgan fingerprint density at radius 3 is 2.85 bits per heavy atom. The SMILES string of the molecule is Oc1cc2ncc(Br)cc2cc1Cl. The fraction of sp³-hybridized carbons (Fsp3) is 0. The summed E-state index contributed by atoms with van der Waals surface area (Å²) in [7, 11) is 0. The van der Waals surface area contributed by atoms with E-state index in [1.165, 1.54) is 0 Å². The van der Waals surface area contributed by atoms with Crippen molar-refractivity contribution in [3.05, 3.63) is 33.9 Å². The van der Waals surface area contributed by atoms with E-state index < -0.39 is 0 Å². The Kier molecular flexibility index (Phi) is 2.14. The molecule has 1 aromatic heterocycles. The molecule has 2 aromatic rings. The van der Waals surface area contributed by atoms with Gasteiger partial charge < -0.3 is 5.11 Å². The summed E-state index contributed by atoms with van der Waals surface area (Å²) in [5.41, 5.74) is 0.727. The van der Waals surface area contributed by atoms with Crippen LogP contribution in [-0.2, 0) is 0 Å². The van der Waals surface area contributed by atoms with Gasteiger partial charge >= 0.3 is 0 Å². The van der Waals surface area contributed by atoms with Crippen LogP contribution in [0.5, 0.6) is 5.75 Å². The number of fused-ring (bicyclic) bond motifs is 1. The van der Waals surface area contributed by atoms with Crippen LogP contribution in [0.4, 0.5) is 0 Å². The lowest BCUT2D eigenvalue weighted by Crippen LogP contribution is -1.79. The minimum atomic E-state index is 0.0592. The van der Waals surface area contributed by atoms with Gasteiger partial charge in [0.05, 0.1) is 10.5 Å². The molecule has 4 heteroatoms. The van der Waals surface area contributed by atoms with E-state index in [9.17, 15) is 5.11 Å². The summed E-state index contributed by atoms with van der Waals surface area (Å²) in [6.07, 6.45) is 1.68. The predicted molar refractivity (Wildman–Crippen MR) is 56.1 cm³/mol. The van der Waals surface area contributed by atoms with E-state index in [-0.39, 0.29) is 5.75 Å². The molecule has 1 heterocycles. The minimum Gasteiger partial charge on any atom is -0.506 e. The number of rotatable bonds is 0. The molecule has 0 saturated heterocycles. The number of hydrogen-bond acceptors (Lipinski definition) is 2. The molecule has 13 heavy (non-hydrogen) atoms. The van der Waals surface area contributed by atoms with E-state index in [0.717, 1.165) is 15.4 Å². The van der Waals surface area contributed by atoms with Gasteiger partial charge in [-0.2, -0.15) is 0 Å². The number of pyridine rings is 1. The Bertz CT molecular complexity index is 472. The Balaban J connectivity index is 2.81. The first kappa shape index (κ1) is 8.78. The Labute approximate surface area is 88.3 Å². The molecule has 0 radical (unpaired) electrons. The van der Waals surface area contributed by atoms with Crippen LogP contribution in [0.1, 0.15) is 0 Å². The fourth-order valence-electron chi connectivity index (χ4n) is 1.11. The smallest absolute Gasteiger partial charge is 0.136 e. The van der Waals surface area contributed by atoms with Crippen LogP contribution in [0, 0.1) is 0 Å². The molecule has 1 aromatic carbocycles. The second-order valence-corrected chi connectivity index (χ2v) is 3.97. The molecule has 0 aliphatic rings. The van der Waals surface area contributed by atoms with Gasteiger partial charge in [-0.25, -0.2) is 0 Å². The molecule has 0 aliphatic heterocycles. The summed E-state index contributed by atoms with van der Waals surface area (Å²) in [4.78, 5) is 4.12. The lowest BCUT2D eigenvalue weighted by Gasteiger charge is -2.00. The molecule has 0 atom stereocenters. The highest BCUT2D eigenvalue weighted by Gasteiger charge is 2.02. The lowest BCUT2D eigenvalue weighted by atomic mass is 10.2. The third-order valence-electron chi connectivity index (χ3n) is 1.72. The van der Waals surface area contributed by atoms with Crippen molar-refractivity contribution >= 4 is 38.4 Å². The third kappa shape index (κ3) is 1.62. The van der Waals surface area contributed by atoms with Gasteiger partial charge in [-0.05, 0) is 28.1 Å². The largest absolute Gasteiger partial charge is 0.506 e. The van der Waals surface area contributed by atoms with Crippen molar-refractivity contribution in [3.63, 3.8) is 0 Å². The van der Waals surface area contributed by atoms with Crippen LogP contribution in [0.2, 0.25) is 5.02 Å². The third-order valence-corrected chi connectivity index (χ3v) is 2.45. The van der Waals surface area contributed by atoms with Gasteiger partial charge in [-0.3, -0.25) is 4.98 Å². The lowest BCUT2D eigenvalue weighted by molar-refractivity contribution is 0.476. The molecule has 0 unspecified atom stereocenters. The quantitative estimate of drug-likeness (QED) is 0.786. The van der Waals surface area contributed by atoms with Gasteiger partial charge in [0.2, 0.25) is 0 Å². The molecular formula is C9H5BrClNO. The number of nitrogens with zero attached hydrogens (tertiary/aromatic N) is 1. The zero-order valence-electron chi connectivity index (χ0n) is 6.46. The minimum absolute atomic E-state index is 0.0592. The average molecular weight is 259 g/mol. The van der Waals surface area contributed by atoms with Crippen LogP contribution >= 0.6 is 27.5 Å². The van der Waals surface area contributed by atoms with Gasteiger partial charge in [0, 0.05) is 22.1 Å². The summed E-state index contributed by atoms with van der Waals surface area (Å²) in [5, 5.41) is 10.5. The maximum absolute atomic E-state index is 9.30. The summed E-state index contributed by atoms with van der Waals surface area (Å²) in [6, 6.07) is 5.13. The first-order valence-electron chi connectivity index (χ1n) is 3.60. The first-order chi connectivity index (χ1) is 6.16. The van der Waals surface area contributed by atoms with Crippen molar-refractivity contribution in [1.82, 2.24) is 4.98 Å². The van der Waals surface area contributed by atoms with E-state index in [4.69, 9.17) is 11.6 Å². The number of phenolic OH excluding ortho intramolecular Hbond substituents is 1. The van der Waals surface area contributed by atoms with E-state index in [0.29, 0.717) is 5.02 Å². The van der Waals surface area contributed by atoms with Crippen LogP contribution in [0.15, 0.2) is 28.9 Å². The van der Waals surface area contributed by atoms with Crippen molar-refractivity contribution in [2.45, 2.75) is 0 Å². The van der Waals surface area contributed by atoms with Gasteiger partial charge in [0.15, 0.2) is 0 Å². The predicted octanol–water partition coefficient (Wildman–Crippen LogP) is 3.36. The normalized spacial score (nSPS) is 10.6. The number of aromatic nitrogens is 1. The van der Waals surface area contributed by atoms with Crippen molar-refractivity contribution in [3.8, 4) is 5.75 Å². The molecular weight excluding hydrogens is 253 g/mol. The highest BCUT2D eigenvalue weighted by Crippen LogP contribution is 2.28. The monoisotopic (exact) mass is 257 g/mol. The van der Waals surface area contributed by atoms with Crippen LogP contribution in [-0.4, -0.2) is 10.1 Å². The van der Waals surface area contributed by atoms with Gasteiger partial charge in [-0.1, -0.05) is 11.6 Å². The Hall–Kier alpha value is -0.800. The second-order valence-electron chi connectivity index (χ2n) is 2.65. The Morgan fingerprint density at radius 2 is 2.08 bits per heavy atom. The maximum atomic E-state index is 9.30. The van der Waals surface area contributed by atoms with E-state index in [1.54, 1.807) is 18.3 Å². The van der Waals surface area contributed by atoms with Crippen molar-refractivity contribution in [2.24, 2.45) is 0 Å². The number of hydrogen-bond donors (Lipinski definition) is 1. The van der Waals surface area contributed by atoms with E-state index in [2.05, 4.69) is 20.9 Å². The highest BCUT2D eigenvalue weighted by atomic mass is 79.9. The number of phenols is 1. The van der Waals surface area contributed by atoms with E-state index >= 15 is 0 Å². The van der Waals surface area contributed by atoms with Crippen LogP contribution in [0.25, 0.3) is 10.9 Å². The molecule has 0 fully saturated rings. The molecule has 0 spiro atoms. The molecule has 0 saturated carbocycles. The van der Waals surface area contributed by atoms with Gasteiger partial charge in [0.1, 0.15) is 5.75 Å². The molecule has 1 N–H and O–H groups in total. The highest BCUT2D eigenvalue weighted by molar-refractivity contribution is 9.10. The van der Waals surface area contributed by atoms with Crippen molar-refractivity contribution in [1.29, 1.82) is 0 Å². The molecule has 2 rings (SSSR count). The van der Waals surface area contributed by atoms with Crippen molar-refractivity contribution < 1.29 is 5.11 Å². The summed E-state index contributed by atoms with van der Waals surface area (Å²) in [5.74, 6) is 0.0592. The Morgan fingerprint density at radius 1 is 1.31 bits per heavy atom. The molecule has 0 amide bonds. The van der Waals surface area contributed by atoms with Gasteiger partial charge in [0.25, 0.3) is 0 Å². The zero-order chi connectivity index (χ0) is 9.42. The number of halogens is 2. The number of benzene rings is 1. The summed E-state index contributed by atoms with van der Waals surface area (Å²) < 4.78 is 0.891. The second kappa shape index (κ2) is 3.16.